The SMILES string of the molecule is O=S1(=O)C[C@@H](Cl)[C@H](c2ccccc2)C1. The predicted molar refractivity (Wildman–Crippen MR) is 57.5 cm³/mol. The Kier molecular flexibility index (Phi) is 2.54. The van der Waals surface area contributed by atoms with Gasteiger partial charge >= 0.3 is 0 Å². The third-order valence-corrected chi connectivity index (χ3v) is 4.89. The second-order valence-corrected chi connectivity index (χ2v) is 6.32. The van der Waals surface area contributed by atoms with Crippen LogP contribution in [-0.4, -0.2) is 25.3 Å². The van der Waals surface area contributed by atoms with E-state index in [9.17, 15) is 8.42 Å². The van der Waals surface area contributed by atoms with Crippen molar-refractivity contribution in [2.75, 3.05) is 11.5 Å². The molecular weight excluding hydrogens is 220 g/mol. The Morgan fingerprint density at radius 1 is 1.14 bits per heavy atom. The van der Waals surface area contributed by atoms with Gasteiger partial charge in [0.2, 0.25) is 0 Å². The molecule has 1 aromatic rings. The normalized spacial score (nSPS) is 30.4. The van der Waals surface area contributed by atoms with Gasteiger partial charge in [0, 0.05) is 5.92 Å². The third kappa shape index (κ3) is 1.93. The lowest BCUT2D eigenvalue weighted by molar-refractivity contribution is 0.601. The number of benzene rings is 1. The second kappa shape index (κ2) is 3.55. The number of halogens is 1. The van der Waals surface area contributed by atoms with Crippen molar-refractivity contribution in [3.8, 4) is 0 Å². The zero-order valence-electron chi connectivity index (χ0n) is 7.56. The smallest absolute Gasteiger partial charge is 0.152 e. The predicted octanol–water partition coefficient (Wildman–Crippen LogP) is 1.81. The molecule has 0 bridgehead atoms. The van der Waals surface area contributed by atoms with Gasteiger partial charge in [0.1, 0.15) is 0 Å². The average Bonchev–Trinajstić information content (AvgIpc) is 2.41. The van der Waals surface area contributed by atoms with Gasteiger partial charge in [-0.3, -0.25) is 0 Å². The lowest BCUT2D eigenvalue weighted by atomic mass is 9.99. The lowest BCUT2D eigenvalue weighted by Gasteiger charge is -2.11. The molecule has 0 aromatic heterocycles. The van der Waals surface area contributed by atoms with E-state index in [2.05, 4.69) is 0 Å². The summed E-state index contributed by atoms with van der Waals surface area (Å²) in [6, 6.07) is 9.59. The molecule has 76 valence electrons. The summed E-state index contributed by atoms with van der Waals surface area (Å²) in [7, 11) is -2.92. The van der Waals surface area contributed by atoms with E-state index in [1.165, 1.54) is 0 Å². The van der Waals surface area contributed by atoms with Crippen molar-refractivity contribution in [1.82, 2.24) is 0 Å². The fraction of sp³-hybridized carbons (Fsp3) is 0.400. The van der Waals surface area contributed by atoms with Crippen LogP contribution in [0.25, 0.3) is 0 Å². The molecule has 2 rings (SSSR count). The molecule has 0 spiro atoms. The Bertz CT molecular complexity index is 413. The van der Waals surface area contributed by atoms with Crippen LogP contribution in [0.4, 0.5) is 0 Å². The second-order valence-electron chi connectivity index (χ2n) is 3.61. The van der Waals surface area contributed by atoms with Crippen LogP contribution in [0.3, 0.4) is 0 Å². The topological polar surface area (TPSA) is 34.1 Å². The molecule has 1 heterocycles. The van der Waals surface area contributed by atoms with E-state index in [-0.39, 0.29) is 22.8 Å². The molecule has 2 nitrogen and oxygen atoms in total. The molecule has 0 radical (unpaired) electrons. The Labute approximate surface area is 88.8 Å². The summed E-state index contributed by atoms with van der Waals surface area (Å²) in [6.07, 6.45) is 0. The van der Waals surface area contributed by atoms with E-state index in [0.717, 1.165) is 5.56 Å². The molecule has 2 atom stereocenters. The molecular formula is C10H11ClO2S. The van der Waals surface area contributed by atoms with Gasteiger partial charge in [0.25, 0.3) is 0 Å². The zero-order valence-corrected chi connectivity index (χ0v) is 9.13. The Morgan fingerprint density at radius 3 is 2.29 bits per heavy atom. The molecule has 1 fully saturated rings. The highest BCUT2D eigenvalue weighted by Crippen LogP contribution is 2.32. The van der Waals surface area contributed by atoms with Crippen LogP contribution in [0.2, 0.25) is 0 Å². The van der Waals surface area contributed by atoms with E-state index in [0.29, 0.717) is 0 Å². The summed E-state index contributed by atoms with van der Waals surface area (Å²) in [5.41, 5.74) is 1.02. The summed E-state index contributed by atoms with van der Waals surface area (Å²) in [5.74, 6) is 0.252. The fourth-order valence-corrected chi connectivity index (χ4v) is 4.55. The molecule has 1 aliphatic rings. The highest BCUT2D eigenvalue weighted by atomic mass is 35.5. The van der Waals surface area contributed by atoms with Crippen molar-refractivity contribution in [3.05, 3.63) is 35.9 Å². The van der Waals surface area contributed by atoms with Gasteiger partial charge in [-0.25, -0.2) is 8.42 Å². The number of alkyl halides is 1. The first-order valence-electron chi connectivity index (χ1n) is 4.48. The number of hydrogen-bond donors (Lipinski definition) is 0. The van der Waals surface area contributed by atoms with E-state index in [1.807, 2.05) is 30.3 Å². The van der Waals surface area contributed by atoms with Gasteiger partial charge in [0.05, 0.1) is 16.9 Å². The van der Waals surface area contributed by atoms with Crippen LogP contribution >= 0.6 is 11.6 Å². The molecule has 0 amide bonds. The number of hydrogen-bond acceptors (Lipinski definition) is 2. The van der Waals surface area contributed by atoms with Gasteiger partial charge in [-0.15, -0.1) is 11.6 Å². The fourth-order valence-electron chi connectivity index (χ4n) is 1.81. The van der Waals surface area contributed by atoms with Crippen molar-refractivity contribution < 1.29 is 8.42 Å². The summed E-state index contributed by atoms with van der Waals surface area (Å²) in [6.45, 7) is 0. The van der Waals surface area contributed by atoms with Crippen LogP contribution in [0.5, 0.6) is 0 Å². The monoisotopic (exact) mass is 230 g/mol. The standard InChI is InChI=1S/C10H11ClO2S/c11-10-7-14(12,13)6-9(10)8-4-2-1-3-5-8/h1-5,9-10H,6-7H2/t9-,10+/m0/s1. The van der Waals surface area contributed by atoms with Crippen molar-refractivity contribution in [1.29, 1.82) is 0 Å². The summed E-state index contributed by atoms with van der Waals surface area (Å²) in [4.78, 5) is 0. The van der Waals surface area contributed by atoms with E-state index in [1.54, 1.807) is 0 Å². The molecule has 0 saturated carbocycles. The zero-order chi connectivity index (χ0) is 10.2. The first-order chi connectivity index (χ1) is 6.58. The Balaban J connectivity index is 2.30. The number of rotatable bonds is 1. The molecule has 0 N–H and O–H groups in total. The van der Waals surface area contributed by atoms with Gasteiger partial charge in [-0.2, -0.15) is 0 Å². The van der Waals surface area contributed by atoms with Crippen LogP contribution in [0.1, 0.15) is 11.5 Å². The van der Waals surface area contributed by atoms with E-state index in [4.69, 9.17) is 11.6 Å². The van der Waals surface area contributed by atoms with Crippen LogP contribution in [0.15, 0.2) is 30.3 Å². The average molecular weight is 231 g/mol. The van der Waals surface area contributed by atoms with Gasteiger partial charge in [-0.05, 0) is 5.56 Å². The maximum absolute atomic E-state index is 11.3. The minimum Gasteiger partial charge on any atom is -0.229 e. The maximum atomic E-state index is 11.3. The van der Waals surface area contributed by atoms with Crippen molar-refractivity contribution in [2.24, 2.45) is 0 Å². The van der Waals surface area contributed by atoms with E-state index >= 15 is 0 Å². The molecule has 14 heavy (non-hydrogen) atoms. The summed E-state index contributed by atoms with van der Waals surface area (Å²) < 4.78 is 22.7. The quantitative estimate of drug-likeness (QED) is 0.690. The largest absolute Gasteiger partial charge is 0.229 e. The number of sulfone groups is 1. The Hall–Kier alpha value is -0.540. The third-order valence-electron chi connectivity index (χ3n) is 2.51. The van der Waals surface area contributed by atoms with E-state index < -0.39 is 9.84 Å². The minimum absolute atomic E-state index is 0.0390. The molecule has 4 heteroatoms. The molecule has 1 aromatic carbocycles. The van der Waals surface area contributed by atoms with Crippen LogP contribution in [-0.2, 0) is 9.84 Å². The van der Waals surface area contributed by atoms with Crippen molar-refractivity contribution in [2.45, 2.75) is 11.3 Å². The van der Waals surface area contributed by atoms with Crippen molar-refractivity contribution >= 4 is 21.4 Å². The molecule has 0 unspecified atom stereocenters. The maximum Gasteiger partial charge on any atom is 0.152 e. The van der Waals surface area contributed by atoms with Crippen molar-refractivity contribution in [3.63, 3.8) is 0 Å². The van der Waals surface area contributed by atoms with Crippen LogP contribution < -0.4 is 0 Å². The first kappa shape index (κ1) is 9.99. The Morgan fingerprint density at radius 2 is 1.79 bits per heavy atom. The van der Waals surface area contributed by atoms with Crippen LogP contribution in [0, 0.1) is 0 Å². The molecule has 1 aliphatic heterocycles. The van der Waals surface area contributed by atoms with Gasteiger partial charge < -0.3 is 0 Å². The lowest BCUT2D eigenvalue weighted by Crippen LogP contribution is -2.09. The molecule has 0 aliphatic carbocycles. The van der Waals surface area contributed by atoms with Gasteiger partial charge in [0.15, 0.2) is 9.84 Å². The summed E-state index contributed by atoms with van der Waals surface area (Å²) in [5, 5.41) is -0.276. The highest BCUT2D eigenvalue weighted by molar-refractivity contribution is 7.91. The molecule has 1 saturated heterocycles. The minimum atomic E-state index is -2.92. The highest BCUT2D eigenvalue weighted by Gasteiger charge is 2.36. The first-order valence-corrected chi connectivity index (χ1v) is 6.74. The van der Waals surface area contributed by atoms with Gasteiger partial charge in [-0.1, -0.05) is 30.3 Å². The summed E-state index contributed by atoms with van der Waals surface area (Å²) >= 11 is 6.02.